The quantitative estimate of drug-likeness (QED) is 0.877. The molecule has 2 bridgehead atoms. The van der Waals surface area contributed by atoms with Crippen molar-refractivity contribution in [2.24, 2.45) is 23.7 Å². The van der Waals surface area contributed by atoms with Crippen LogP contribution in [0.3, 0.4) is 0 Å². The maximum atomic E-state index is 13.0. The molecule has 1 amide bonds. The minimum Gasteiger partial charge on any atom is -0.481 e. The van der Waals surface area contributed by atoms with E-state index in [0.29, 0.717) is 13.1 Å². The van der Waals surface area contributed by atoms with Crippen LogP contribution in [0.5, 0.6) is 0 Å². The lowest BCUT2D eigenvalue weighted by atomic mass is 9.78. The highest BCUT2D eigenvalue weighted by atomic mass is 35.5. The Hall–Kier alpha value is -1.59. The molecule has 3 fully saturated rings. The Bertz CT molecular complexity index is 702. The van der Waals surface area contributed by atoms with E-state index < -0.39 is 11.9 Å². The highest BCUT2D eigenvalue weighted by Crippen LogP contribution is 2.53. The molecule has 4 atom stereocenters. The van der Waals surface area contributed by atoms with E-state index in [9.17, 15) is 14.7 Å². The molecule has 1 heterocycles. The van der Waals surface area contributed by atoms with Crippen molar-refractivity contribution in [3.8, 4) is 0 Å². The topological polar surface area (TPSA) is 60.9 Å². The van der Waals surface area contributed by atoms with Gasteiger partial charge in [0.15, 0.2) is 0 Å². The Morgan fingerprint density at radius 3 is 2.42 bits per heavy atom. The van der Waals surface area contributed by atoms with E-state index in [4.69, 9.17) is 11.6 Å². The number of nitrogens with zero attached hydrogens (tertiary/aromatic N) is 2. The summed E-state index contributed by atoms with van der Waals surface area (Å²) in [5.41, 5.74) is 1.18. The summed E-state index contributed by atoms with van der Waals surface area (Å²) < 4.78 is 0. The Morgan fingerprint density at radius 1 is 1.08 bits per heavy atom. The van der Waals surface area contributed by atoms with Crippen molar-refractivity contribution in [2.45, 2.75) is 25.8 Å². The van der Waals surface area contributed by atoms with Crippen LogP contribution in [0, 0.1) is 23.7 Å². The van der Waals surface area contributed by atoms with E-state index in [1.165, 1.54) is 5.56 Å². The molecule has 2 aliphatic carbocycles. The summed E-state index contributed by atoms with van der Waals surface area (Å²) in [6.45, 7) is 3.82. The van der Waals surface area contributed by atoms with Gasteiger partial charge in [-0.3, -0.25) is 14.5 Å². The molecule has 26 heavy (non-hydrogen) atoms. The van der Waals surface area contributed by atoms with Gasteiger partial charge in [-0.25, -0.2) is 0 Å². The number of rotatable bonds is 4. The standard InChI is InChI=1S/C20H25ClN2O3/c21-16-3-1-2-13(10-16)12-22-6-8-23(9-7-22)19(24)17-14-4-5-15(11-14)18(17)20(25)26/h1-3,10,14-15,17-18H,4-9,11-12H2,(H,25,26)/t14-,15+,17-,18-/m0/s1. The molecule has 0 aromatic heterocycles. The number of fused-ring (bicyclic) bond motifs is 2. The van der Waals surface area contributed by atoms with Gasteiger partial charge < -0.3 is 10.0 Å². The van der Waals surface area contributed by atoms with Crippen molar-refractivity contribution < 1.29 is 14.7 Å². The molecular weight excluding hydrogens is 352 g/mol. The van der Waals surface area contributed by atoms with Gasteiger partial charge in [-0.2, -0.15) is 0 Å². The zero-order chi connectivity index (χ0) is 18.3. The second-order valence-corrected chi connectivity index (χ2v) is 8.39. The third-order valence-corrected chi connectivity index (χ3v) is 6.70. The van der Waals surface area contributed by atoms with E-state index in [0.717, 1.165) is 43.9 Å². The molecule has 0 radical (unpaired) electrons. The number of carboxylic acid groups (broad SMARTS) is 1. The predicted molar refractivity (Wildman–Crippen MR) is 98.8 cm³/mol. The number of carbonyl (C=O) groups excluding carboxylic acids is 1. The highest BCUT2D eigenvalue weighted by Gasteiger charge is 2.54. The summed E-state index contributed by atoms with van der Waals surface area (Å²) in [5, 5.41) is 10.3. The first-order valence-electron chi connectivity index (χ1n) is 9.51. The third-order valence-electron chi connectivity index (χ3n) is 6.47. The summed E-state index contributed by atoms with van der Waals surface area (Å²) in [5.74, 6) is -0.993. The van der Waals surface area contributed by atoms with Crippen LogP contribution in [0.4, 0.5) is 0 Å². The summed E-state index contributed by atoms with van der Waals surface area (Å²) in [4.78, 5) is 28.9. The molecule has 4 rings (SSSR count). The lowest BCUT2D eigenvalue weighted by molar-refractivity contribution is -0.153. The van der Waals surface area contributed by atoms with E-state index in [1.54, 1.807) is 0 Å². The minimum absolute atomic E-state index is 0.0759. The molecule has 0 spiro atoms. The van der Waals surface area contributed by atoms with Gasteiger partial charge in [-0.05, 0) is 48.8 Å². The minimum atomic E-state index is -0.782. The van der Waals surface area contributed by atoms with Gasteiger partial charge in [-0.1, -0.05) is 23.7 Å². The van der Waals surface area contributed by atoms with E-state index >= 15 is 0 Å². The number of benzene rings is 1. The van der Waals surface area contributed by atoms with Crippen molar-refractivity contribution in [1.82, 2.24) is 9.80 Å². The number of amides is 1. The molecular formula is C20H25ClN2O3. The monoisotopic (exact) mass is 376 g/mol. The first-order chi connectivity index (χ1) is 12.5. The summed E-state index contributed by atoms with van der Waals surface area (Å²) in [6, 6.07) is 7.87. The van der Waals surface area contributed by atoms with E-state index in [-0.39, 0.29) is 23.7 Å². The average molecular weight is 377 g/mol. The number of hydrogen-bond donors (Lipinski definition) is 1. The largest absolute Gasteiger partial charge is 0.481 e. The van der Waals surface area contributed by atoms with Crippen LogP contribution in [0.25, 0.3) is 0 Å². The van der Waals surface area contributed by atoms with Crippen LogP contribution < -0.4 is 0 Å². The van der Waals surface area contributed by atoms with Gasteiger partial charge in [0.1, 0.15) is 0 Å². The Labute approximate surface area is 158 Å². The molecule has 3 aliphatic rings. The molecule has 6 heteroatoms. The molecule has 0 unspecified atom stereocenters. The molecule has 140 valence electrons. The Morgan fingerprint density at radius 2 is 1.77 bits per heavy atom. The van der Waals surface area contributed by atoms with Gasteiger partial charge in [0.05, 0.1) is 11.8 Å². The number of carboxylic acids is 1. The van der Waals surface area contributed by atoms with Gasteiger partial charge in [0, 0.05) is 37.7 Å². The smallest absolute Gasteiger partial charge is 0.307 e. The lowest BCUT2D eigenvalue weighted by Gasteiger charge is -2.38. The van der Waals surface area contributed by atoms with E-state index in [2.05, 4.69) is 11.0 Å². The number of carbonyl (C=O) groups is 2. The fourth-order valence-electron chi connectivity index (χ4n) is 5.23. The molecule has 1 aromatic rings. The van der Waals surface area contributed by atoms with Crippen molar-refractivity contribution >= 4 is 23.5 Å². The molecule has 2 saturated carbocycles. The number of halogens is 1. The number of piperazine rings is 1. The summed E-state index contributed by atoms with van der Waals surface area (Å²) in [7, 11) is 0. The molecule has 1 N–H and O–H groups in total. The molecule has 5 nitrogen and oxygen atoms in total. The van der Waals surface area contributed by atoms with Crippen LogP contribution in [0.1, 0.15) is 24.8 Å². The lowest BCUT2D eigenvalue weighted by Crippen LogP contribution is -2.52. The third kappa shape index (κ3) is 3.35. The van der Waals surface area contributed by atoms with Crippen LogP contribution in [-0.2, 0) is 16.1 Å². The normalized spacial score (nSPS) is 31.3. The second-order valence-electron chi connectivity index (χ2n) is 7.95. The van der Waals surface area contributed by atoms with Crippen molar-refractivity contribution in [3.05, 3.63) is 34.9 Å². The van der Waals surface area contributed by atoms with Gasteiger partial charge in [0.2, 0.25) is 5.91 Å². The zero-order valence-corrected chi connectivity index (χ0v) is 15.6. The first-order valence-corrected chi connectivity index (χ1v) is 9.89. The zero-order valence-electron chi connectivity index (χ0n) is 14.8. The SMILES string of the molecule is O=C(O)[C@H]1[C@@H]2CC[C@@H](C2)[C@@H]1C(=O)N1CCN(Cc2cccc(Cl)c2)CC1. The molecule has 1 aromatic carbocycles. The van der Waals surface area contributed by atoms with Crippen molar-refractivity contribution in [1.29, 1.82) is 0 Å². The predicted octanol–water partition coefficient (Wildman–Crippen LogP) is 2.73. The highest BCUT2D eigenvalue weighted by molar-refractivity contribution is 6.30. The first kappa shape index (κ1) is 17.8. The number of aliphatic carboxylic acids is 1. The second kappa shape index (κ2) is 7.20. The van der Waals surface area contributed by atoms with Gasteiger partial charge in [-0.15, -0.1) is 0 Å². The Kier molecular flexibility index (Phi) is 4.93. The van der Waals surface area contributed by atoms with Gasteiger partial charge in [0.25, 0.3) is 0 Å². The van der Waals surface area contributed by atoms with Crippen LogP contribution >= 0.6 is 11.6 Å². The summed E-state index contributed by atoms with van der Waals surface area (Å²) >= 11 is 6.05. The summed E-state index contributed by atoms with van der Waals surface area (Å²) in [6.07, 6.45) is 2.90. The van der Waals surface area contributed by atoms with Crippen LogP contribution in [-0.4, -0.2) is 53.0 Å². The van der Waals surface area contributed by atoms with Crippen molar-refractivity contribution in [3.63, 3.8) is 0 Å². The maximum Gasteiger partial charge on any atom is 0.307 e. The van der Waals surface area contributed by atoms with Crippen LogP contribution in [0.15, 0.2) is 24.3 Å². The Balaban J connectivity index is 1.36. The van der Waals surface area contributed by atoms with E-state index in [1.807, 2.05) is 23.1 Å². The van der Waals surface area contributed by atoms with Crippen molar-refractivity contribution in [2.75, 3.05) is 26.2 Å². The average Bonchev–Trinajstić information content (AvgIpc) is 3.23. The fourth-order valence-corrected chi connectivity index (χ4v) is 5.45. The number of hydrogen-bond acceptors (Lipinski definition) is 3. The maximum absolute atomic E-state index is 13.0. The fraction of sp³-hybridized carbons (Fsp3) is 0.600. The van der Waals surface area contributed by atoms with Crippen LogP contribution in [0.2, 0.25) is 5.02 Å². The molecule has 1 saturated heterocycles. The molecule has 1 aliphatic heterocycles. The van der Waals surface area contributed by atoms with Gasteiger partial charge >= 0.3 is 5.97 Å².